The van der Waals surface area contributed by atoms with Gasteiger partial charge in [0.15, 0.2) is 12.4 Å². The van der Waals surface area contributed by atoms with Gasteiger partial charge in [-0.15, -0.1) is 0 Å². The Bertz CT molecular complexity index is 983. The summed E-state index contributed by atoms with van der Waals surface area (Å²) in [7, 11) is 0. The number of ketones is 1. The lowest BCUT2D eigenvalue weighted by Crippen LogP contribution is -2.40. The Morgan fingerprint density at radius 3 is 2.66 bits per heavy atom. The predicted molar refractivity (Wildman–Crippen MR) is 107 cm³/mol. The van der Waals surface area contributed by atoms with Gasteiger partial charge in [0.25, 0.3) is 5.91 Å². The Labute approximate surface area is 168 Å². The van der Waals surface area contributed by atoms with Crippen molar-refractivity contribution in [3.05, 3.63) is 64.7 Å². The van der Waals surface area contributed by atoms with Crippen LogP contribution in [0.4, 0.5) is 5.69 Å². The number of benzene rings is 2. The molecule has 1 heterocycles. The van der Waals surface area contributed by atoms with Crippen molar-refractivity contribution in [2.45, 2.75) is 32.7 Å². The number of hydrogen-bond donors (Lipinski definition) is 2. The van der Waals surface area contributed by atoms with E-state index in [1.807, 2.05) is 13.0 Å². The molecule has 0 spiro atoms. The molecule has 150 valence electrons. The normalized spacial score (nSPS) is 13.7. The van der Waals surface area contributed by atoms with Gasteiger partial charge in [-0.1, -0.05) is 17.7 Å². The van der Waals surface area contributed by atoms with Crippen molar-refractivity contribution in [1.29, 1.82) is 0 Å². The molecular formula is C22H22N2O5. The Kier molecular flexibility index (Phi) is 6.07. The highest BCUT2D eigenvalue weighted by Crippen LogP contribution is 2.23. The van der Waals surface area contributed by atoms with Crippen LogP contribution in [0.25, 0.3) is 0 Å². The molecule has 3 rings (SSSR count). The number of rotatable bonds is 6. The van der Waals surface area contributed by atoms with Gasteiger partial charge < -0.3 is 15.4 Å². The number of anilines is 1. The quantitative estimate of drug-likeness (QED) is 0.579. The van der Waals surface area contributed by atoms with E-state index < -0.39 is 18.6 Å². The number of fused-ring (bicyclic) bond motifs is 1. The molecule has 1 unspecified atom stereocenters. The SMILES string of the molecule is Cc1cccc(C(=O)NC(C)C(=O)OCC(=O)c2ccc3c(c2)CCC(=O)N3)c1. The predicted octanol–water partition coefficient (Wildman–Crippen LogP) is 2.42. The van der Waals surface area contributed by atoms with Gasteiger partial charge in [0.1, 0.15) is 6.04 Å². The molecule has 2 amide bonds. The molecule has 2 N–H and O–H groups in total. The van der Waals surface area contributed by atoms with E-state index >= 15 is 0 Å². The summed E-state index contributed by atoms with van der Waals surface area (Å²) in [6, 6.07) is 11.1. The highest BCUT2D eigenvalue weighted by Gasteiger charge is 2.21. The largest absolute Gasteiger partial charge is 0.456 e. The number of esters is 1. The first-order valence-electron chi connectivity index (χ1n) is 9.33. The maximum Gasteiger partial charge on any atom is 0.328 e. The number of carbonyl (C=O) groups excluding carboxylic acids is 4. The lowest BCUT2D eigenvalue weighted by molar-refractivity contribution is -0.144. The second kappa shape index (κ2) is 8.68. The summed E-state index contributed by atoms with van der Waals surface area (Å²) in [6.45, 7) is 2.95. The van der Waals surface area contributed by atoms with Crippen molar-refractivity contribution >= 4 is 29.3 Å². The second-order valence-electron chi connectivity index (χ2n) is 7.02. The zero-order valence-corrected chi connectivity index (χ0v) is 16.3. The fourth-order valence-corrected chi connectivity index (χ4v) is 3.03. The number of nitrogens with one attached hydrogen (secondary N) is 2. The summed E-state index contributed by atoms with van der Waals surface area (Å²) < 4.78 is 5.07. The number of amides is 2. The summed E-state index contributed by atoms with van der Waals surface area (Å²) in [5.74, 6) is -1.48. The Balaban J connectivity index is 1.54. The number of aryl methyl sites for hydroxylation is 2. The molecule has 0 fully saturated rings. The van der Waals surface area contributed by atoms with Crippen LogP contribution >= 0.6 is 0 Å². The molecule has 2 aromatic carbocycles. The van der Waals surface area contributed by atoms with E-state index in [4.69, 9.17) is 4.74 Å². The van der Waals surface area contributed by atoms with Crippen molar-refractivity contribution in [1.82, 2.24) is 5.32 Å². The van der Waals surface area contributed by atoms with Crippen LogP contribution in [0.15, 0.2) is 42.5 Å². The fourth-order valence-electron chi connectivity index (χ4n) is 3.03. The van der Waals surface area contributed by atoms with E-state index in [0.717, 1.165) is 11.1 Å². The molecule has 0 radical (unpaired) electrons. The Hall–Kier alpha value is -3.48. The first-order chi connectivity index (χ1) is 13.8. The summed E-state index contributed by atoms with van der Waals surface area (Å²) in [6.07, 6.45) is 0.932. The highest BCUT2D eigenvalue weighted by atomic mass is 16.5. The molecule has 0 aromatic heterocycles. The molecule has 0 bridgehead atoms. The molecular weight excluding hydrogens is 372 g/mol. The molecule has 1 aliphatic heterocycles. The van der Waals surface area contributed by atoms with Crippen molar-refractivity contribution in [2.75, 3.05) is 11.9 Å². The second-order valence-corrected chi connectivity index (χ2v) is 7.02. The molecule has 7 nitrogen and oxygen atoms in total. The van der Waals surface area contributed by atoms with E-state index in [2.05, 4.69) is 10.6 Å². The van der Waals surface area contributed by atoms with Crippen LogP contribution in [0.2, 0.25) is 0 Å². The van der Waals surface area contributed by atoms with E-state index in [9.17, 15) is 19.2 Å². The molecule has 7 heteroatoms. The standard InChI is InChI=1S/C22H22N2O5/c1-13-4-3-5-17(10-13)21(27)23-14(2)22(28)29-12-19(25)16-6-8-18-15(11-16)7-9-20(26)24-18/h3-6,8,10-11,14H,7,9,12H2,1-2H3,(H,23,27)(H,24,26). The van der Waals surface area contributed by atoms with E-state index in [1.165, 1.54) is 6.92 Å². The van der Waals surface area contributed by atoms with Crippen molar-refractivity contribution in [2.24, 2.45) is 0 Å². The third kappa shape index (κ3) is 5.07. The smallest absolute Gasteiger partial charge is 0.328 e. The zero-order chi connectivity index (χ0) is 21.0. The minimum absolute atomic E-state index is 0.0489. The maximum atomic E-state index is 12.4. The zero-order valence-electron chi connectivity index (χ0n) is 16.3. The van der Waals surface area contributed by atoms with E-state index in [0.29, 0.717) is 29.7 Å². The van der Waals surface area contributed by atoms with Crippen LogP contribution in [0.1, 0.15) is 45.2 Å². The van der Waals surface area contributed by atoms with Gasteiger partial charge >= 0.3 is 5.97 Å². The minimum atomic E-state index is -0.894. The number of hydrogen-bond acceptors (Lipinski definition) is 5. The topological polar surface area (TPSA) is 102 Å². The van der Waals surface area contributed by atoms with Crippen molar-refractivity contribution in [3.8, 4) is 0 Å². The lowest BCUT2D eigenvalue weighted by Gasteiger charge is -2.17. The van der Waals surface area contributed by atoms with Gasteiger partial charge in [-0.05, 0) is 56.2 Å². The van der Waals surface area contributed by atoms with Crippen molar-refractivity contribution < 1.29 is 23.9 Å². The summed E-state index contributed by atoms with van der Waals surface area (Å²) in [4.78, 5) is 48.1. The van der Waals surface area contributed by atoms with Crippen LogP contribution in [0, 0.1) is 6.92 Å². The number of carbonyl (C=O) groups is 4. The summed E-state index contributed by atoms with van der Waals surface area (Å²) >= 11 is 0. The van der Waals surface area contributed by atoms with Crippen LogP contribution in [-0.2, 0) is 20.7 Å². The summed E-state index contributed by atoms with van der Waals surface area (Å²) in [5.41, 5.74) is 3.36. The Morgan fingerprint density at radius 1 is 1.10 bits per heavy atom. The van der Waals surface area contributed by atoms with Gasteiger partial charge in [0.05, 0.1) is 0 Å². The highest BCUT2D eigenvalue weighted by molar-refractivity contribution is 6.01. The maximum absolute atomic E-state index is 12.4. The molecule has 0 saturated carbocycles. The fraction of sp³-hybridized carbons (Fsp3) is 0.273. The van der Waals surface area contributed by atoms with Gasteiger partial charge in [-0.25, -0.2) is 4.79 Å². The molecule has 0 aliphatic carbocycles. The van der Waals surface area contributed by atoms with Gasteiger partial charge in [0, 0.05) is 23.2 Å². The van der Waals surface area contributed by atoms with Crippen LogP contribution < -0.4 is 10.6 Å². The lowest BCUT2D eigenvalue weighted by atomic mass is 9.99. The van der Waals surface area contributed by atoms with Crippen LogP contribution in [0.5, 0.6) is 0 Å². The van der Waals surface area contributed by atoms with Crippen molar-refractivity contribution in [3.63, 3.8) is 0 Å². The first kappa shape index (κ1) is 20.3. The minimum Gasteiger partial charge on any atom is -0.456 e. The third-order valence-corrected chi connectivity index (χ3v) is 4.65. The number of ether oxygens (including phenoxy) is 1. The molecule has 0 saturated heterocycles. The van der Waals surface area contributed by atoms with Crippen LogP contribution in [-0.4, -0.2) is 36.2 Å². The molecule has 1 aliphatic rings. The summed E-state index contributed by atoms with van der Waals surface area (Å²) in [5, 5.41) is 5.32. The molecule has 29 heavy (non-hydrogen) atoms. The molecule has 1 atom stereocenters. The average Bonchev–Trinajstić information content (AvgIpc) is 2.71. The van der Waals surface area contributed by atoms with E-state index in [-0.39, 0.29) is 17.6 Å². The molecule has 2 aromatic rings. The van der Waals surface area contributed by atoms with Gasteiger partial charge in [-0.2, -0.15) is 0 Å². The first-order valence-corrected chi connectivity index (χ1v) is 9.33. The van der Waals surface area contributed by atoms with Gasteiger partial charge in [-0.3, -0.25) is 14.4 Å². The third-order valence-electron chi connectivity index (χ3n) is 4.65. The average molecular weight is 394 g/mol. The van der Waals surface area contributed by atoms with Crippen LogP contribution in [0.3, 0.4) is 0 Å². The Morgan fingerprint density at radius 2 is 1.90 bits per heavy atom. The van der Waals surface area contributed by atoms with E-state index in [1.54, 1.807) is 36.4 Å². The monoisotopic (exact) mass is 394 g/mol. The number of Topliss-reactive ketones (excluding diaryl/α,β-unsaturated/α-hetero) is 1. The van der Waals surface area contributed by atoms with Gasteiger partial charge in [0.2, 0.25) is 5.91 Å².